The molecule has 0 N–H and O–H groups in total. The molecule has 1 aromatic rings. The molecule has 1 aromatic carbocycles. The molecular weight excluding hydrogens is 934 g/mol. The van der Waals surface area contributed by atoms with Crippen molar-refractivity contribution in [2.75, 3.05) is 0 Å². The number of carbonyl (C=O) groups is 2. The third-order valence-corrected chi connectivity index (χ3v) is 15.2. The number of ether oxygens (including phenoxy) is 3. The van der Waals surface area contributed by atoms with Crippen molar-refractivity contribution in [3.05, 3.63) is 19.8 Å². The zero-order chi connectivity index (χ0) is 25.0. The number of halogens is 6. The van der Waals surface area contributed by atoms with E-state index in [2.05, 4.69) is 90.4 Å². The molecule has 15 heteroatoms. The number of hydrogen-bond donors (Lipinski definition) is 0. The summed E-state index contributed by atoms with van der Waals surface area (Å²) in [5.41, 5.74) is -1.03. The first-order valence-electron chi connectivity index (χ1n) is 9.97. The lowest BCUT2D eigenvalue weighted by molar-refractivity contribution is -0.309. The van der Waals surface area contributed by atoms with Gasteiger partial charge >= 0.3 is 17.2 Å². The highest BCUT2D eigenvalue weighted by atomic mass is 127. The molecule has 1 heterocycles. The maximum Gasteiger partial charge on any atom is 0.428 e. The molecule has 34 heavy (non-hydrogen) atoms. The minimum absolute atomic E-state index is 0.00632. The van der Waals surface area contributed by atoms with E-state index in [1.165, 1.54) is 0 Å². The number of benzene rings is 1. The standard InChI is InChI=1S/C19H14F2I4O8S/c20-19(21,34(28,29)30)16(27)33-17-3-6-1-7(4-17)18(8(2-6)5-17)31-14-9(15(26)32-18)10(22)11(23)12(24)13(14)25/h6-8H,1-5H2,(H,28,29,30)/p-1. The Labute approximate surface area is 247 Å². The fourth-order valence-electron chi connectivity index (χ4n) is 5.94. The van der Waals surface area contributed by atoms with Gasteiger partial charge in [-0.05, 0) is 128 Å². The van der Waals surface area contributed by atoms with Crippen LogP contribution in [0.5, 0.6) is 5.75 Å². The van der Waals surface area contributed by atoms with Crippen molar-refractivity contribution in [3.63, 3.8) is 0 Å². The minimum atomic E-state index is -6.22. The number of carbonyl (C=O) groups excluding carboxylic acids is 2. The van der Waals surface area contributed by atoms with Gasteiger partial charge in [0, 0.05) is 22.5 Å². The molecule has 4 aliphatic carbocycles. The summed E-state index contributed by atoms with van der Waals surface area (Å²) in [7, 11) is -6.22. The van der Waals surface area contributed by atoms with Crippen molar-refractivity contribution < 1.29 is 45.6 Å². The smallest absolute Gasteiger partial charge is 0.428 e. The fourth-order valence-corrected chi connectivity index (χ4v) is 9.65. The SMILES string of the molecule is O=C1OC2(Oc3c(I)c(I)c(I)c(I)c31)C1CC3CC2CC(OC(=O)C(F)(F)S(=O)(=O)[O-])(C3)C1. The number of hydrogen-bond acceptors (Lipinski definition) is 8. The Balaban J connectivity index is 1.50. The highest BCUT2D eigenvalue weighted by Crippen LogP contribution is 2.64. The predicted molar refractivity (Wildman–Crippen MR) is 143 cm³/mol. The third-order valence-electron chi connectivity index (χ3n) is 7.07. The van der Waals surface area contributed by atoms with Gasteiger partial charge in [-0.25, -0.2) is 18.0 Å². The summed E-state index contributed by atoms with van der Waals surface area (Å²) in [6, 6.07) is 0. The Morgan fingerprint density at radius 1 is 1.00 bits per heavy atom. The van der Waals surface area contributed by atoms with Gasteiger partial charge in [0.15, 0.2) is 15.9 Å². The molecule has 0 saturated heterocycles. The van der Waals surface area contributed by atoms with Gasteiger partial charge in [0.05, 0.1) is 3.57 Å². The molecule has 4 fully saturated rings. The van der Waals surface area contributed by atoms with E-state index >= 15 is 0 Å². The van der Waals surface area contributed by atoms with Gasteiger partial charge in [0.1, 0.15) is 11.2 Å². The van der Waals surface area contributed by atoms with E-state index in [1.807, 2.05) is 0 Å². The minimum Gasteiger partial charge on any atom is -0.743 e. The van der Waals surface area contributed by atoms with Crippen molar-refractivity contribution in [1.82, 2.24) is 0 Å². The summed E-state index contributed by atoms with van der Waals surface area (Å²) in [6.45, 7) is 0. The first-order chi connectivity index (χ1) is 15.6. The molecule has 0 amide bonds. The van der Waals surface area contributed by atoms with Crippen molar-refractivity contribution in [1.29, 1.82) is 0 Å². The van der Waals surface area contributed by atoms with Crippen molar-refractivity contribution >= 4 is 112 Å². The molecule has 5 aliphatic rings. The van der Waals surface area contributed by atoms with E-state index in [-0.39, 0.29) is 25.2 Å². The maximum absolute atomic E-state index is 13.9. The lowest BCUT2D eigenvalue weighted by atomic mass is 9.51. The summed E-state index contributed by atoms with van der Waals surface area (Å²) in [5, 5.41) is -5.18. The van der Waals surface area contributed by atoms with Crippen LogP contribution in [0.3, 0.4) is 0 Å². The number of rotatable bonds is 3. The first kappa shape index (κ1) is 26.3. The highest BCUT2D eigenvalue weighted by molar-refractivity contribution is 14.1. The lowest BCUT2D eigenvalue weighted by Crippen LogP contribution is -2.69. The van der Waals surface area contributed by atoms with Gasteiger partial charge in [0.25, 0.3) is 5.79 Å². The summed E-state index contributed by atoms with van der Waals surface area (Å²) in [6.07, 6.45) is 1.53. The molecule has 2 unspecified atom stereocenters. The Hall–Kier alpha value is 0.650. The summed E-state index contributed by atoms with van der Waals surface area (Å²) < 4.78 is 81.3. The van der Waals surface area contributed by atoms with Crippen LogP contribution in [-0.4, -0.2) is 41.6 Å². The fraction of sp³-hybridized carbons (Fsp3) is 0.579. The van der Waals surface area contributed by atoms with Crippen LogP contribution >= 0.6 is 90.4 Å². The largest absolute Gasteiger partial charge is 0.743 e. The van der Waals surface area contributed by atoms with Gasteiger partial charge in [-0.2, -0.15) is 8.78 Å². The van der Waals surface area contributed by atoms with Crippen LogP contribution in [0.15, 0.2) is 0 Å². The zero-order valence-electron chi connectivity index (χ0n) is 16.7. The topological polar surface area (TPSA) is 119 Å². The average molecular weight is 947 g/mol. The summed E-state index contributed by atoms with van der Waals surface area (Å²) in [5.74, 6) is -4.71. The second-order valence-electron chi connectivity index (χ2n) is 9.06. The Bertz CT molecular complexity index is 1240. The Morgan fingerprint density at radius 2 is 1.56 bits per heavy atom. The molecule has 4 saturated carbocycles. The average Bonchev–Trinajstić information content (AvgIpc) is 2.72. The number of fused-ring (bicyclic) bond motifs is 1. The molecule has 1 spiro atoms. The molecule has 0 radical (unpaired) electrons. The van der Waals surface area contributed by atoms with E-state index in [4.69, 9.17) is 14.2 Å². The van der Waals surface area contributed by atoms with Crippen LogP contribution in [0.4, 0.5) is 8.78 Å². The van der Waals surface area contributed by atoms with E-state index in [0.29, 0.717) is 27.7 Å². The van der Waals surface area contributed by atoms with Gasteiger partial charge in [-0.3, -0.25) is 0 Å². The number of alkyl halides is 2. The molecule has 8 nitrogen and oxygen atoms in total. The van der Waals surface area contributed by atoms with Crippen molar-refractivity contribution in [2.45, 2.75) is 48.7 Å². The van der Waals surface area contributed by atoms with Crippen molar-refractivity contribution in [2.24, 2.45) is 17.8 Å². The van der Waals surface area contributed by atoms with Gasteiger partial charge in [-0.1, -0.05) is 0 Å². The molecule has 1 aliphatic heterocycles. The van der Waals surface area contributed by atoms with Crippen LogP contribution in [0, 0.1) is 32.0 Å². The first-order valence-corrected chi connectivity index (χ1v) is 15.7. The lowest BCUT2D eigenvalue weighted by Gasteiger charge is -2.63. The second kappa shape index (κ2) is 8.32. The van der Waals surface area contributed by atoms with Gasteiger partial charge in [0.2, 0.25) is 0 Å². The van der Waals surface area contributed by atoms with Gasteiger partial charge in [-0.15, -0.1) is 0 Å². The summed E-state index contributed by atoms with van der Waals surface area (Å²) in [4.78, 5) is 25.3. The summed E-state index contributed by atoms with van der Waals surface area (Å²) >= 11 is 8.55. The Kier molecular flexibility index (Phi) is 6.43. The van der Waals surface area contributed by atoms with Gasteiger partial charge < -0.3 is 18.8 Å². The normalized spacial score (nSPS) is 34.0. The predicted octanol–water partition coefficient (Wildman–Crippen LogP) is 4.61. The van der Waals surface area contributed by atoms with Crippen LogP contribution in [-0.2, 0) is 24.4 Å². The monoisotopic (exact) mass is 947 g/mol. The molecular formula is C19H13F2I4O8S-. The zero-order valence-corrected chi connectivity index (χ0v) is 26.2. The number of esters is 2. The van der Waals surface area contributed by atoms with Crippen LogP contribution < -0.4 is 4.74 Å². The van der Waals surface area contributed by atoms with E-state index in [0.717, 1.165) is 10.7 Å². The van der Waals surface area contributed by atoms with Crippen molar-refractivity contribution in [3.8, 4) is 5.75 Å². The van der Waals surface area contributed by atoms with Crippen LogP contribution in [0.2, 0.25) is 0 Å². The van der Waals surface area contributed by atoms with Crippen LogP contribution in [0.25, 0.3) is 0 Å². The quantitative estimate of drug-likeness (QED) is 0.142. The molecule has 2 atom stereocenters. The molecule has 4 bridgehead atoms. The Morgan fingerprint density at radius 3 is 2.12 bits per heavy atom. The second-order valence-corrected chi connectivity index (χ2v) is 14.8. The highest BCUT2D eigenvalue weighted by Gasteiger charge is 2.69. The van der Waals surface area contributed by atoms with E-state index in [1.54, 1.807) is 0 Å². The molecule has 0 aromatic heterocycles. The molecule has 186 valence electrons. The van der Waals surface area contributed by atoms with Crippen LogP contribution in [0.1, 0.15) is 42.5 Å². The van der Waals surface area contributed by atoms with E-state index < -0.39 is 50.5 Å². The molecule has 6 rings (SSSR count). The maximum atomic E-state index is 13.9. The van der Waals surface area contributed by atoms with E-state index in [9.17, 15) is 31.3 Å². The third kappa shape index (κ3) is 3.73.